The Labute approximate surface area is 273 Å². The van der Waals surface area contributed by atoms with Gasteiger partial charge in [0, 0.05) is 50.2 Å². The first kappa shape index (κ1) is 34.2. The van der Waals surface area contributed by atoms with Gasteiger partial charge in [-0.25, -0.2) is 4.79 Å². The molecule has 6 rings (SSSR count). The second-order valence-corrected chi connectivity index (χ2v) is 12.7. The van der Waals surface area contributed by atoms with Crippen LogP contribution in [0.25, 0.3) is 10.8 Å². The monoisotopic (exact) mass is 653 g/mol. The van der Waals surface area contributed by atoms with Crippen LogP contribution in [-0.4, -0.2) is 89.6 Å². The molecular weight excluding hydrogens is 611 g/mol. The van der Waals surface area contributed by atoms with Gasteiger partial charge in [0.15, 0.2) is 0 Å². The molecule has 0 radical (unpaired) electrons. The summed E-state index contributed by atoms with van der Waals surface area (Å²) in [6.45, 7) is 4.70. The van der Waals surface area contributed by atoms with Crippen molar-refractivity contribution >= 4 is 28.6 Å². The largest absolute Gasteiger partial charge is 0.490 e. The van der Waals surface area contributed by atoms with Crippen LogP contribution in [0.5, 0.6) is 5.75 Å². The Morgan fingerprint density at radius 2 is 1.53 bits per heavy atom. The second-order valence-electron chi connectivity index (χ2n) is 12.7. The van der Waals surface area contributed by atoms with Crippen molar-refractivity contribution in [1.29, 1.82) is 0 Å². The van der Waals surface area contributed by atoms with Gasteiger partial charge in [-0.2, -0.15) is 13.2 Å². The number of nitrogens with zero attached hydrogens (tertiary/aromatic N) is 3. The number of likely N-dealkylation sites (N-methyl/N-ethyl adjacent to an activating group) is 1. The van der Waals surface area contributed by atoms with Crippen molar-refractivity contribution < 1.29 is 37.4 Å². The molecule has 2 aliphatic heterocycles. The van der Waals surface area contributed by atoms with Gasteiger partial charge in [0.05, 0.1) is 0 Å². The summed E-state index contributed by atoms with van der Waals surface area (Å²) < 4.78 is 37.9. The van der Waals surface area contributed by atoms with Gasteiger partial charge >= 0.3 is 12.1 Å². The SMILES string of the molecule is CN1CCN(C(=O)c2cccc(COc3ccc4cc(CC5CCN(C6CCCCC6)C5=O)ccc4c3)c2)CC1.O=C(O)C(F)(F)F. The third-order valence-electron chi connectivity index (χ3n) is 9.34. The summed E-state index contributed by atoms with van der Waals surface area (Å²) >= 11 is 0. The van der Waals surface area contributed by atoms with E-state index in [9.17, 15) is 22.8 Å². The third-order valence-corrected chi connectivity index (χ3v) is 9.34. The summed E-state index contributed by atoms with van der Waals surface area (Å²) in [5.74, 6) is -1.37. The first-order valence-corrected chi connectivity index (χ1v) is 16.3. The maximum Gasteiger partial charge on any atom is 0.490 e. The van der Waals surface area contributed by atoms with Crippen LogP contribution in [0, 0.1) is 5.92 Å². The highest BCUT2D eigenvalue weighted by Gasteiger charge is 2.38. The maximum atomic E-state index is 13.1. The summed E-state index contributed by atoms with van der Waals surface area (Å²) in [5.41, 5.74) is 2.94. The van der Waals surface area contributed by atoms with E-state index in [4.69, 9.17) is 14.6 Å². The van der Waals surface area contributed by atoms with Crippen molar-refractivity contribution in [3.63, 3.8) is 0 Å². The van der Waals surface area contributed by atoms with Crippen molar-refractivity contribution in [3.05, 3.63) is 77.4 Å². The number of benzene rings is 3. The Bertz CT molecular complexity index is 1560. The average Bonchev–Trinajstić information content (AvgIpc) is 3.43. The van der Waals surface area contributed by atoms with Crippen LogP contribution >= 0.6 is 0 Å². The number of likely N-dealkylation sites (tertiary alicyclic amines) is 1. The lowest BCUT2D eigenvalue weighted by Gasteiger charge is -2.32. The molecule has 2 saturated heterocycles. The molecular formula is C36H42F3N3O5. The van der Waals surface area contributed by atoms with Crippen LogP contribution in [0.3, 0.4) is 0 Å². The maximum absolute atomic E-state index is 13.1. The van der Waals surface area contributed by atoms with Crippen LogP contribution in [0.2, 0.25) is 0 Å². The number of alkyl halides is 3. The predicted molar refractivity (Wildman–Crippen MR) is 172 cm³/mol. The lowest BCUT2D eigenvalue weighted by atomic mass is 9.93. The molecule has 1 atom stereocenters. The van der Waals surface area contributed by atoms with Crippen LogP contribution < -0.4 is 4.74 Å². The quantitative estimate of drug-likeness (QED) is 0.329. The molecule has 1 N–H and O–H groups in total. The zero-order valence-corrected chi connectivity index (χ0v) is 26.7. The van der Waals surface area contributed by atoms with Crippen molar-refractivity contribution in [2.75, 3.05) is 39.8 Å². The fourth-order valence-electron chi connectivity index (χ4n) is 6.64. The molecule has 1 saturated carbocycles. The summed E-state index contributed by atoms with van der Waals surface area (Å²) in [7, 11) is 2.09. The number of ether oxygens (including phenoxy) is 1. The van der Waals surface area contributed by atoms with Crippen molar-refractivity contribution in [3.8, 4) is 5.75 Å². The second kappa shape index (κ2) is 15.2. The van der Waals surface area contributed by atoms with Gasteiger partial charge in [0.1, 0.15) is 12.4 Å². The molecule has 3 aliphatic rings. The predicted octanol–water partition coefficient (Wildman–Crippen LogP) is 6.16. The number of carboxylic acid groups (broad SMARTS) is 1. The number of amides is 2. The molecule has 3 aromatic rings. The van der Waals surface area contributed by atoms with E-state index in [-0.39, 0.29) is 11.8 Å². The first-order valence-electron chi connectivity index (χ1n) is 16.3. The molecule has 0 spiro atoms. The number of carbonyl (C=O) groups is 3. The van der Waals surface area contributed by atoms with E-state index in [0.29, 0.717) is 18.6 Å². The van der Waals surface area contributed by atoms with Gasteiger partial charge in [-0.15, -0.1) is 0 Å². The highest BCUT2D eigenvalue weighted by molar-refractivity contribution is 5.94. The van der Waals surface area contributed by atoms with Gasteiger partial charge in [-0.1, -0.05) is 55.7 Å². The molecule has 1 aliphatic carbocycles. The minimum absolute atomic E-state index is 0.0949. The Hall–Kier alpha value is -4.12. The van der Waals surface area contributed by atoms with Gasteiger partial charge in [0.25, 0.3) is 5.91 Å². The van der Waals surface area contributed by atoms with Crippen molar-refractivity contribution in [1.82, 2.24) is 14.7 Å². The lowest BCUT2D eigenvalue weighted by Crippen LogP contribution is -2.47. The molecule has 0 bridgehead atoms. The fourth-order valence-corrected chi connectivity index (χ4v) is 6.64. The summed E-state index contributed by atoms with van der Waals surface area (Å²) in [6, 6.07) is 21.0. The van der Waals surface area contributed by atoms with Crippen molar-refractivity contribution in [2.45, 2.75) is 63.8 Å². The molecule has 11 heteroatoms. The highest BCUT2D eigenvalue weighted by atomic mass is 19.4. The fraction of sp³-hybridized carbons (Fsp3) is 0.472. The van der Waals surface area contributed by atoms with Crippen molar-refractivity contribution in [2.24, 2.45) is 5.92 Å². The van der Waals surface area contributed by atoms with E-state index in [0.717, 1.165) is 67.8 Å². The van der Waals surface area contributed by atoms with Gasteiger partial charge in [-0.05, 0) is 78.9 Å². The van der Waals surface area contributed by atoms with E-state index in [1.807, 2.05) is 35.2 Å². The molecule has 3 fully saturated rings. The zero-order valence-electron chi connectivity index (χ0n) is 26.7. The lowest BCUT2D eigenvalue weighted by molar-refractivity contribution is -0.192. The zero-order chi connectivity index (χ0) is 33.6. The van der Waals surface area contributed by atoms with Gasteiger partial charge < -0.3 is 24.5 Å². The molecule has 8 nitrogen and oxygen atoms in total. The number of rotatable bonds is 7. The molecule has 252 valence electrons. The van der Waals surface area contributed by atoms with E-state index >= 15 is 0 Å². The number of piperazine rings is 1. The molecule has 47 heavy (non-hydrogen) atoms. The third kappa shape index (κ3) is 9.03. The Balaban J connectivity index is 0.000000559. The van der Waals surface area contributed by atoms with Crippen LogP contribution in [-0.2, 0) is 22.6 Å². The topological polar surface area (TPSA) is 90.4 Å². The molecule has 3 aromatic carbocycles. The summed E-state index contributed by atoms with van der Waals surface area (Å²) in [5, 5.41) is 9.42. The number of aliphatic carboxylic acids is 1. The first-order chi connectivity index (χ1) is 22.5. The number of halogens is 3. The number of carboxylic acids is 1. The van der Waals surface area contributed by atoms with E-state index in [1.54, 1.807) is 0 Å². The highest BCUT2D eigenvalue weighted by Crippen LogP contribution is 2.31. The van der Waals surface area contributed by atoms with E-state index in [1.165, 1.54) is 43.1 Å². The summed E-state index contributed by atoms with van der Waals surface area (Å²) in [4.78, 5) is 41.4. The Morgan fingerprint density at radius 3 is 2.23 bits per heavy atom. The normalized spacial score (nSPS) is 19.4. The molecule has 2 amide bonds. The van der Waals surface area contributed by atoms with Crippen LogP contribution in [0.4, 0.5) is 13.2 Å². The number of hydrogen-bond donors (Lipinski definition) is 1. The smallest absolute Gasteiger partial charge is 0.489 e. The number of fused-ring (bicyclic) bond motifs is 1. The molecule has 1 unspecified atom stereocenters. The summed E-state index contributed by atoms with van der Waals surface area (Å²) in [6.07, 6.45) is 2.91. The Kier molecular flexibility index (Phi) is 11.1. The van der Waals surface area contributed by atoms with Crippen LogP contribution in [0.15, 0.2) is 60.7 Å². The minimum Gasteiger partial charge on any atom is -0.489 e. The Morgan fingerprint density at radius 1 is 0.851 bits per heavy atom. The van der Waals surface area contributed by atoms with Crippen LogP contribution in [0.1, 0.15) is 60.0 Å². The van der Waals surface area contributed by atoms with Gasteiger partial charge in [0.2, 0.25) is 5.91 Å². The van der Waals surface area contributed by atoms with E-state index in [2.05, 4.69) is 47.2 Å². The minimum atomic E-state index is -5.08. The number of hydrogen-bond acceptors (Lipinski definition) is 5. The molecule has 2 heterocycles. The molecule has 0 aromatic heterocycles. The standard InChI is InChI=1S/C34H41N3O3.C2HF3O2/c1-35-16-18-36(19-17-35)33(38)29-7-5-6-26(22-29)24-40-32-13-12-27-20-25(10-11-28(27)23-32)21-30-14-15-37(34(30)39)31-8-3-2-4-9-31;3-2(4,5)1(6)7/h5-7,10-13,20,22-23,30-31H,2-4,8-9,14-19,21,24H2,1H3;(H,6,7). The van der Waals surface area contributed by atoms with E-state index < -0.39 is 12.1 Å². The number of carbonyl (C=O) groups excluding carboxylic acids is 2. The van der Waals surface area contributed by atoms with Gasteiger partial charge in [-0.3, -0.25) is 9.59 Å². The average molecular weight is 654 g/mol.